The Labute approximate surface area is 100 Å². The summed E-state index contributed by atoms with van der Waals surface area (Å²) >= 11 is 5.92. The van der Waals surface area contributed by atoms with Crippen LogP contribution in [0.1, 0.15) is 12.8 Å². The summed E-state index contributed by atoms with van der Waals surface area (Å²) in [5, 5.41) is 0.642. The van der Waals surface area contributed by atoms with E-state index in [4.69, 9.17) is 17.3 Å². The fourth-order valence-corrected chi connectivity index (χ4v) is 1.87. The highest BCUT2D eigenvalue weighted by Gasteiger charge is 2.33. The van der Waals surface area contributed by atoms with Crippen LogP contribution in [0.15, 0.2) is 24.3 Å². The van der Waals surface area contributed by atoms with Gasteiger partial charge in [-0.2, -0.15) is 0 Å². The molecule has 1 amide bonds. The number of carbonyl (C=O) groups is 1. The topological polar surface area (TPSA) is 46.3 Å². The molecule has 1 aromatic rings. The minimum atomic E-state index is 0.174. The normalized spacial score (nSPS) is 14.9. The first-order valence-corrected chi connectivity index (χ1v) is 5.87. The van der Waals surface area contributed by atoms with E-state index in [2.05, 4.69) is 0 Å². The van der Waals surface area contributed by atoms with Crippen molar-refractivity contribution in [1.29, 1.82) is 0 Å². The van der Waals surface area contributed by atoms with E-state index >= 15 is 0 Å². The number of halogens is 1. The van der Waals surface area contributed by atoms with Gasteiger partial charge in [0.15, 0.2) is 0 Å². The Kier molecular flexibility index (Phi) is 3.46. The van der Waals surface area contributed by atoms with Gasteiger partial charge in [0.05, 0.1) is 0 Å². The molecule has 0 heterocycles. The van der Waals surface area contributed by atoms with E-state index in [1.807, 2.05) is 12.1 Å². The van der Waals surface area contributed by atoms with E-state index in [1.54, 1.807) is 17.0 Å². The van der Waals surface area contributed by atoms with Crippen molar-refractivity contribution in [1.82, 2.24) is 0 Å². The number of hydrogen-bond acceptors (Lipinski definition) is 2. The zero-order valence-electron chi connectivity index (χ0n) is 9.03. The summed E-state index contributed by atoms with van der Waals surface area (Å²) in [6, 6.07) is 7.34. The van der Waals surface area contributed by atoms with Gasteiger partial charge in [-0.3, -0.25) is 4.79 Å². The molecule has 0 spiro atoms. The number of hydrogen-bond donors (Lipinski definition) is 1. The molecule has 1 fully saturated rings. The lowest BCUT2D eigenvalue weighted by atomic mass is 10.2. The molecule has 0 aromatic heterocycles. The molecule has 0 atom stereocenters. The summed E-state index contributed by atoms with van der Waals surface area (Å²) in [7, 11) is 0. The summed E-state index contributed by atoms with van der Waals surface area (Å²) < 4.78 is 0. The average Bonchev–Trinajstić information content (AvgIpc) is 3.08. The molecule has 2 N–H and O–H groups in total. The third-order valence-corrected chi connectivity index (χ3v) is 2.90. The van der Waals surface area contributed by atoms with Gasteiger partial charge in [0, 0.05) is 29.7 Å². The van der Waals surface area contributed by atoms with Crippen molar-refractivity contribution in [3.63, 3.8) is 0 Å². The van der Waals surface area contributed by atoms with Gasteiger partial charge in [-0.05, 0) is 31.0 Å². The highest BCUT2D eigenvalue weighted by atomic mass is 35.5. The second-order valence-corrected chi connectivity index (χ2v) is 4.47. The number of carbonyl (C=O) groups excluding carboxylic acids is 1. The Bertz CT molecular complexity index is 390. The molecule has 4 heteroatoms. The monoisotopic (exact) mass is 238 g/mol. The summed E-state index contributed by atoms with van der Waals surface area (Å²) in [5.41, 5.74) is 6.38. The summed E-state index contributed by atoms with van der Waals surface area (Å²) in [6.45, 7) is 1.01. The second-order valence-electron chi connectivity index (χ2n) is 4.03. The fraction of sp³-hybridized carbons (Fsp3) is 0.417. The van der Waals surface area contributed by atoms with Gasteiger partial charge in [-0.1, -0.05) is 17.7 Å². The number of rotatable bonds is 4. The first-order valence-electron chi connectivity index (χ1n) is 5.49. The van der Waals surface area contributed by atoms with E-state index in [0.717, 1.165) is 18.5 Å². The van der Waals surface area contributed by atoms with Gasteiger partial charge in [-0.25, -0.2) is 0 Å². The summed E-state index contributed by atoms with van der Waals surface area (Å²) in [6.07, 6.45) is 2.00. The lowest BCUT2D eigenvalue weighted by Gasteiger charge is -2.22. The Morgan fingerprint density at radius 3 is 2.81 bits per heavy atom. The van der Waals surface area contributed by atoms with Crippen LogP contribution in [-0.2, 0) is 4.79 Å². The van der Waals surface area contributed by atoms with Crippen LogP contribution in [0.4, 0.5) is 5.69 Å². The maximum absolute atomic E-state index is 12.0. The molecule has 1 aliphatic rings. The molecule has 1 aromatic carbocycles. The van der Waals surface area contributed by atoms with E-state index < -0.39 is 0 Å². The molecule has 0 bridgehead atoms. The number of amides is 1. The number of benzene rings is 1. The highest BCUT2D eigenvalue weighted by Crippen LogP contribution is 2.33. The van der Waals surface area contributed by atoms with Crippen LogP contribution < -0.4 is 10.6 Å². The Morgan fingerprint density at radius 1 is 1.50 bits per heavy atom. The standard InChI is InChI=1S/C12H15ClN2O/c13-10-2-1-3-11(8-10)15(7-6-14)12(16)9-4-5-9/h1-3,8-9H,4-7,14H2. The molecule has 16 heavy (non-hydrogen) atoms. The third kappa shape index (κ3) is 2.54. The van der Waals surface area contributed by atoms with Crippen LogP contribution in [0.25, 0.3) is 0 Å². The first-order chi connectivity index (χ1) is 7.72. The van der Waals surface area contributed by atoms with Crippen molar-refractivity contribution in [3.05, 3.63) is 29.3 Å². The van der Waals surface area contributed by atoms with Crippen molar-refractivity contribution in [2.24, 2.45) is 11.7 Å². The molecular weight excluding hydrogens is 224 g/mol. The van der Waals surface area contributed by atoms with Crippen LogP contribution in [-0.4, -0.2) is 19.0 Å². The average molecular weight is 239 g/mol. The molecule has 1 aliphatic carbocycles. The van der Waals surface area contributed by atoms with Crippen LogP contribution in [0.3, 0.4) is 0 Å². The van der Waals surface area contributed by atoms with Gasteiger partial charge in [0.25, 0.3) is 0 Å². The third-order valence-electron chi connectivity index (χ3n) is 2.67. The maximum Gasteiger partial charge on any atom is 0.230 e. The van der Waals surface area contributed by atoms with Crippen molar-refractivity contribution in [3.8, 4) is 0 Å². The Hall–Kier alpha value is -1.06. The smallest absolute Gasteiger partial charge is 0.230 e. The number of nitrogens with two attached hydrogens (primary N) is 1. The first kappa shape index (κ1) is 11.4. The van der Waals surface area contributed by atoms with Crippen LogP contribution in [0.2, 0.25) is 5.02 Å². The van der Waals surface area contributed by atoms with Gasteiger partial charge >= 0.3 is 0 Å². The molecule has 3 nitrogen and oxygen atoms in total. The van der Waals surface area contributed by atoms with Crippen molar-refractivity contribution >= 4 is 23.2 Å². The van der Waals surface area contributed by atoms with Gasteiger partial charge < -0.3 is 10.6 Å². The molecule has 0 unspecified atom stereocenters. The van der Waals surface area contributed by atoms with Crippen molar-refractivity contribution in [2.45, 2.75) is 12.8 Å². The molecule has 2 rings (SSSR count). The highest BCUT2D eigenvalue weighted by molar-refractivity contribution is 6.30. The minimum absolute atomic E-state index is 0.174. The summed E-state index contributed by atoms with van der Waals surface area (Å²) in [5.74, 6) is 0.373. The van der Waals surface area contributed by atoms with Crippen molar-refractivity contribution < 1.29 is 4.79 Å². The van der Waals surface area contributed by atoms with E-state index in [9.17, 15) is 4.79 Å². The molecular formula is C12H15ClN2O. The maximum atomic E-state index is 12.0. The van der Waals surface area contributed by atoms with Gasteiger partial charge in [0.2, 0.25) is 5.91 Å². The largest absolute Gasteiger partial charge is 0.329 e. The lowest BCUT2D eigenvalue weighted by molar-refractivity contribution is -0.119. The zero-order chi connectivity index (χ0) is 11.5. The van der Waals surface area contributed by atoms with Gasteiger partial charge in [-0.15, -0.1) is 0 Å². The summed E-state index contributed by atoms with van der Waals surface area (Å²) in [4.78, 5) is 13.8. The van der Waals surface area contributed by atoms with E-state index in [1.165, 1.54) is 0 Å². The molecule has 0 radical (unpaired) electrons. The van der Waals surface area contributed by atoms with Crippen LogP contribution in [0, 0.1) is 5.92 Å². The van der Waals surface area contributed by atoms with E-state index in [0.29, 0.717) is 18.1 Å². The van der Waals surface area contributed by atoms with Crippen molar-refractivity contribution in [2.75, 3.05) is 18.0 Å². The number of anilines is 1. The minimum Gasteiger partial charge on any atom is -0.329 e. The molecule has 86 valence electrons. The SMILES string of the molecule is NCCN(C(=O)C1CC1)c1cccc(Cl)c1. The fourth-order valence-electron chi connectivity index (χ4n) is 1.69. The van der Waals surface area contributed by atoms with Crippen LogP contribution >= 0.6 is 11.6 Å². The predicted molar refractivity (Wildman–Crippen MR) is 65.6 cm³/mol. The Morgan fingerprint density at radius 2 is 2.25 bits per heavy atom. The lowest BCUT2D eigenvalue weighted by Crippen LogP contribution is -2.36. The Balaban J connectivity index is 2.20. The molecule has 0 aliphatic heterocycles. The number of nitrogens with zero attached hydrogens (tertiary/aromatic N) is 1. The zero-order valence-corrected chi connectivity index (χ0v) is 9.78. The van der Waals surface area contributed by atoms with Crippen LogP contribution in [0.5, 0.6) is 0 Å². The second kappa shape index (κ2) is 4.85. The van der Waals surface area contributed by atoms with E-state index in [-0.39, 0.29) is 11.8 Å². The molecule has 1 saturated carbocycles. The molecule has 0 saturated heterocycles. The van der Waals surface area contributed by atoms with Gasteiger partial charge in [0.1, 0.15) is 0 Å². The predicted octanol–water partition coefficient (Wildman–Crippen LogP) is 2.04. The quantitative estimate of drug-likeness (QED) is 0.873.